The number of esters is 1. The van der Waals surface area contributed by atoms with Gasteiger partial charge in [0, 0.05) is 5.56 Å². The molecule has 0 amide bonds. The minimum atomic E-state index is -0.636. The molecule has 27 heavy (non-hydrogen) atoms. The lowest BCUT2D eigenvalue weighted by Crippen LogP contribution is -2.10. The number of rotatable bonds is 4. The zero-order valence-corrected chi connectivity index (χ0v) is 14.3. The second-order valence-electron chi connectivity index (χ2n) is 5.66. The predicted molar refractivity (Wildman–Crippen MR) is 98.0 cm³/mol. The number of aromatic amines is 1. The van der Waals surface area contributed by atoms with Crippen LogP contribution in [0.25, 0.3) is 22.3 Å². The number of carbonyl (C=O) groups is 1. The highest BCUT2D eigenvalue weighted by Crippen LogP contribution is 2.32. The number of nitrogens with one attached hydrogen (secondary N) is 1. The normalized spacial score (nSPS) is 10.7. The average molecular weight is 362 g/mol. The molecule has 0 saturated heterocycles. The summed E-state index contributed by atoms with van der Waals surface area (Å²) in [7, 11) is 1.46. The van der Waals surface area contributed by atoms with Gasteiger partial charge in [-0.1, -0.05) is 12.1 Å². The summed E-state index contributed by atoms with van der Waals surface area (Å²) < 4.78 is 15.7. The Balaban J connectivity index is 1.71. The van der Waals surface area contributed by atoms with Crippen LogP contribution in [0.3, 0.4) is 0 Å². The Bertz CT molecular complexity index is 1180. The van der Waals surface area contributed by atoms with Crippen LogP contribution in [0.2, 0.25) is 0 Å². The lowest BCUT2D eigenvalue weighted by molar-refractivity contribution is 0.0696. The molecular formula is C20H14N2O5. The number of methoxy groups -OCH3 is 1. The Morgan fingerprint density at radius 1 is 1.07 bits per heavy atom. The third-order valence-electron chi connectivity index (χ3n) is 3.97. The van der Waals surface area contributed by atoms with Crippen molar-refractivity contribution in [2.75, 3.05) is 7.11 Å². The molecule has 2 heterocycles. The molecule has 7 nitrogen and oxygen atoms in total. The highest BCUT2D eigenvalue weighted by atomic mass is 16.6. The van der Waals surface area contributed by atoms with Crippen molar-refractivity contribution in [2.24, 2.45) is 0 Å². The highest BCUT2D eigenvalue weighted by molar-refractivity contribution is 5.88. The molecular weight excluding hydrogens is 348 g/mol. The van der Waals surface area contributed by atoms with Gasteiger partial charge in [0.2, 0.25) is 5.76 Å². The second kappa shape index (κ2) is 6.80. The van der Waals surface area contributed by atoms with Crippen molar-refractivity contribution in [1.82, 2.24) is 9.97 Å². The molecule has 1 N–H and O–H groups in total. The second-order valence-corrected chi connectivity index (χ2v) is 5.66. The van der Waals surface area contributed by atoms with E-state index in [2.05, 4.69) is 9.97 Å². The molecule has 4 rings (SSSR count). The van der Waals surface area contributed by atoms with Crippen LogP contribution >= 0.6 is 0 Å². The minimum absolute atomic E-state index is 0.0849. The number of fused-ring (bicyclic) bond motifs is 1. The maximum atomic E-state index is 12.3. The molecule has 4 aromatic rings. The van der Waals surface area contributed by atoms with E-state index in [1.165, 1.54) is 19.4 Å². The third kappa shape index (κ3) is 3.18. The summed E-state index contributed by atoms with van der Waals surface area (Å²) in [5, 5.41) is 0.511. The smallest absolute Gasteiger partial charge is 0.379 e. The monoisotopic (exact) mass is 362 g/mol. The van der Waals surface area contributed by atoms with E-state index in [1.54, 1.807) is 42.5 Å². The zero-order chi connectivity index (χ0) is 18.8. The van der Waals surface area contributed by atoms with Crippen molar-refractivity contribution in [2.45, 2.75) is 0 Å². The fourth-order valence-corrected chi connectivity index (χ4v) is 2.67. The quantitative estimate of drug-likeness (QED) is 0.442. The molecule has 0 saturated carbocycles. The number of hydrogen-bond donors (Lipinski definition) is 1. The zero-order valence-electron chi connectivity index (χ0n) is 14.3. The van der Waals surface area contributed by atoms with Gasteiger partial charge >= 0.3 is 5.97 Å². The number of benzene rings is 2. The number of para-hydroxylation sites is 1. The molecule has 0 bridgehead atoms. The minimum Gasteiger partial charge on any atom is -0.493 e. The predicted octanol–water partition coefficient (Wildman–Crippen LogP) is 3.41. The van der Waals surface area contributed by atoms with Crippen LogP contribution < -0.4 is 15.0 Å². The average Bonchev–Trinajstić information content (AvgIpc) is 3.23. The van der Waals surface area contributed by atoms with Gasteiger partial charge in [-0.05, 0) is 42.5 Å². The number of furan rings is 1. The van der Waals surface area contributed by atoms with Gasteiger partial charge in [-0.15, -0.1) is 0 Å². The summed E-state index contributed by atoms with van der Waals surface area (Å²) in [5.74, 6) is 0.389. The van der Waals surface area contributed by atoms with Crippen LogP contribution in [-0.2, 0) is 0 Å². The Kier molecular flexibility index (Phi) is 4.18. The van der Waals surface area contributed by atoms with Gasteiger partial charge in [-0.2, -0.15) is 0 Å². The van der Waals surface area contributed by atoms with E-state index in [4.69, 9.17) is 13.9 Å². The van der Waals surface area contributed by atoms with Gasteiger partial charge < -0.3 is 18.9 Å². The summed E-state index contributed by atoms with van der Waals surface area (Å²) in [6, 6.07) is 15.1. The summed E-state index contributed by atoms with van der Waals surface area (Å²) in [6.45, 7) is 0. The van der Waals surface area contributed by atoms with Gasteiger partial charge in [-0.3, -0.25) is 4.79 Å². The first-order chi connectivity index (χ1) is 13.2. The molecule has 0 fully saturated rings. The lowest BCUT2D eigenvalue weighted by Gasteiger charge is -2.10. The van der Waals surface area contributed by atoms with Crippen molar-refractivity contribution < 1.29 is 18.7 Å². The van der Waals surface area contributed by atoms with E-state index in [-0.39, 0.29) is 17.1 Å². The Morgan fingerprint density at radius 2 is 1.93 bits per heavy atom. The number of H-pyrrole nitrogens is 1. The first kappa shape index (κ1) is 16.6. The summed E-state index contributed by atoms with van der Waals surface area (Å²) in [5.41, 5.74) is 0.971. The Labute approximate surface area is 153 Å². The van der Waals surface area contributed by atoms with Crippen molar-refractivity contribution >= 4 is 16.9 Å². The van der Waals surface area contributed by atoms with Gasteiger partial charge in [0.15, 0.2) is 11.5 Å². The first-order valence-electron chi connectivity index (χ1n) is 8.09. The van der Waals surface area contributed by atoms with Crippen LogP contribution in [0.1, 0.15) is 10.6 Å². The molecule has 2 aromatic heterocycles. The summed E-state index contributed by atoms with van der Waals surface area (Å²) in [6.07, 6.45) is 1.39. The molecule has 134 valence electrons. The van der Waals surface area contributed by atoms with Crippen molar-refractivity contribution in [3.63, 3.8) is 0 Å². The Morgan fingerprint density at radius 3 is 2.70 bits per heavy atom. The molecule has 0 spiro atoms. The molecule has 0 unspecified atom stereocenters. The van der Waals surface area contributed by atoms with E-state index in [0.717, 1.165) is 0 Å². The van der Waals surface area contributed by atoms with Crippen molar-refractivity contribution in [3.05, 3.63) is 77.0 Å². The number of aromatic nitrogens is 2. The molecule has 0 atom stereocenters. The lowest BCUT2D eigenvalue weighted by atomic mass is 10.1. The van der Waals surface area contributed by atoms with Gasteiger partial charge in [0.25, 0.3) is 5.56 Å². The van der Waals surface area contributed by atoms with E-state index >= 15 is 0 Å². The van der Waals surface area contributed by atoms with E-state index < -0.39 is 5.97 Å². The van der Waals surface area contributed by atoms with E-state index in [1.807, 2.05) is 6.07 Å². The van der Waals surface area contributed by atoms with Gasteiger partial charge in [0.1, 0.15) is 5.82 Å². The number of carbonyl (C=O) groups excluding carboxylic acids is 1. The molecule has 0 aliphatic carbocycles. The number of nitrogens with zero attached hydrogens (tertiary/aromatic N) is 1. The maximum absolute atomic E-state index is 12.3. The van der Waals surface area contributed by atoms with E-state index in [9.17, 15) is 9.59 Å². The maximum Gasteiger partial charge on any atom is 0.379 e. The molecule has 2 aromatic carbocycles. The molecule has 0 radical (unpaired) electrons. The molecule has 7 heteroatoms. The largest absolute Gasteiger partial charge is 0.493 e. The fraction of sp³-hybridized carbons (Fsp3) is 0.0500. The standard InChI is InChI=1S/C20H14N2O5/c1-25-17-11-12(8-9-15(17)27-20(24)16-7-4-10-26-16)18-21-14-6-3-2-5-13(14)19(23)22-18/h2-11H,1H3,(H,21,22,23). The van der Waals surface area contributed by atoms with E-state index in [0.29, 0.717) is 28.0 Å². The van der Waals surface area contributed by atoms with Gasteiger partial charge in [0.05, 0.1) is 24.3 Å². The summed E-state index contributed by atoms with van der Waals surface area (Å²) in [4.78, 5) is 31.6. The van der Waals surface area contributed by atoms with Crippen molar-refractivity contribution in [1.29, 1.82) is 0 Å². The third-order valence-corrected chi connectivity index (χ3v) is 3.97. The first-order valence-corrected chi connectivity index (χ1v) is 8.09. The fourth-order valence-electron chi connectivity index (χ4n) is 2.67. The van der Waals surface area contributed by atoms with Crippen LogP contribution in [0.15, 0.2) is 70.1 Å². The van der Waals surface area contributed by atoms with Crippen LogP contribution in [0.4, 0.5) is 0 Å². The van der Waals surface area contributed by atoms with Crippen molar-refractivity contribution in [3.8, 4) is 22.9 Å². The molecule has 0 aliphatic rings. The van der Waals surface area contributed by atoms with Crippen LogP contribution in [-0.4, -0.2) is 23.0 Å². The number of hydrogen-bond acceptors (Lipinski definition) is 6. The number of ether oxygens (including phenoxy) is 2. The SMILES string of the molecule is COc1cc(-c2nc3ccccc3c(=O)[nH]2)ccc1OC(=O)c1ccco1. The molecule has 0 aliphatic heterocycles. The highest BCUT2D eigenvalue weighted by Gasteiger charge is 2.16. The van der Waals surface area contributed by atoms with Gasteiger partial charge in [-0.25, -0.2) is 9.78 Å². The summed E-state index contributed by atoms with van der Waals surface area (Å²) >= 11 is 0. The van der Waals surface area contributed by atoms with Crippen LogP contribution in [0.5, 0.6) is 11.5 Å². The Hall–Kier alpha value is -3.87. The van der Waals surface area contributed by atoms with Crippen LogP contribution in [0, 0.1) is 0 Å². The topological polar surface area (TPSA) is 94.4 Å².